The van der Waals surface area contributed by atoms with E-state index in [-0.39, 0.29) is 18.4 Å². The Bertz CT molecular complexity index is 1090. The summed E-state index contributed by atoms with van der Waals surface area (Å²) in [5.41, 5.74) is 1.82. The van der Waals surface area contributed by atoms with Crippen LogP contribution < -0.4 is 10.2 Å². The molecule has 1 aromatic carbocycles. The third-order valence-electron chi connectivity index (χ3n) is 5.76. The van der Waals surface area contributed by atoms with Crippen LogP contribution in [0.25, 0.3) is 10.9 Å². The number of nitrogens with zero attached hydrogens (tertiary/aromatic N) is 4. The van der Waals surface area contributed by atoms with Gasteiger partial charge in [-0.3, -0.25) is 9.48 Å². The summed E-state index contributed by atoms with van der Waals surface area (Å²) in [7, 11) is 1.89. The average molecular weight is 431 g/mol. The Morgan fingerprint density at radius 2 is 1.97 bits per heavy atom. The summed E-state index contributed by atoms with van der Waals surface area (Å²) < 4.78 is 39.9. The van der Waals surface area contributed by atoms with Gasteiger partial charge in [0.25, 0.3) is 0 Å². The minimum Gasteiger partial charge on any atom is -0.354 e. The van der Waals surface area contributed by atoms with Gasteiger partial charge in [0.1, 0.15) is 5.52 Å². The summed E-state index contributed by atoms with van der Waals surface area (Å²) in [5.74, 6) is 0.508. The lowest BCUT2D eigenvalue weighted by Gasteiger charge is -2.33. The zero-order valence-electron chi connectivity index (χ0n) is 17.4. The predicted octanol–water partition coefficient (Wildman–Crippen LogP) is 3.83. The smallest absolute Gasteiger partial charge is 0.354 e. The Balaban J connectivity index is 1.43. The number of rotatable bonds is 4. The van der Waals surface area contributed by atoms with E-state index in [1.54, 1.807) is 6.20 Å². The Labute approximate surface area is 178 Å². The largest absolute Gasteiger partial charge is 0.416 e. The van der Waals surface area contributed by atoms with Crippen LogP contribution in [0.2, 0.25) is 0 Å². The number of aryl methyl sites for hydroxylation is 2. The zero-order valence-corrected chi connectivity index (χ0v) is 17.4. The Kier molecular flexibility index (Phi) is 5.60. The van der Waals surface area contributed by atoms with Gasteiger partial charge < -0.3 is 10.2 Å². The van der Waals surface area contributed by atoms with Gasteiger partial charge in [0.2, 0.25) is 5.91 Å². The van der Waals surface area contributed by atoms with Crippen LogP contribution in [0, 0.1) is 12.8 Å². The number of fused-ring (bicyclic) bond motifs is 1. The van der Waals surface area contributed by atoms with Crippen LogP contribution in [0.1, 0.15) is 29.7 Å². The molecule has 9 heteroatoms. The molecule has 0 unspecified atom stereocenters. The zero-order chi connectivity index (χ0) is 22.2. The number of anilines is 1. The van der Waals surface area contributed by atoms with E-state index in [0.29, 0.717) is 12.1 Å². The maximum atomic E-state index is 12.8. The van der Waals surface area contributed by atoms with Crippen molar-refractivity contribution in [2.45, 2.75) is 32.5 Å². The van der Waals surface area contributed by atoms with Gasteiger partial charge >= 0.3 is 6.18 Å². The van der Waals surface area contributed by atoms with E-state index in [2.05, 4.69) is 20.3 Å². The fourth-order valence-corrected chi connectivity index (χ4v) is 4.14. The van der Waals surface area contributed by atoms with Gasteiger partial charge in [0, 0.05) is 38.3 Å². The van der Waals surface area contributed by atoms with Gasteiger partial charge in [-0.15, -0.1) is 0 Å². The van der Waals surface area contributed by atoms with Gasteiger partial charge in [-0.1, -0.05) is 12.1 Å². The molecule has 0 aliphatic carbocycles. The molecule has 0 radical (unpaired) electrons. The van der Waals surface area contributed by atoms with Crippen LogP contribution in [0.15, 0.2) is 36.5 Å². The van der Waals surface area contributed by atoms with Crippen molar-refractivity contribution in [2.75, 3.05) is 18.0 Å². The number of amides is 1. The second-order valence-corrected chi connectivity index (χ2v) is 7.94. The monoisotopic (exact) mass is 431 g/mol. The first-order valence-corrected chi connectivity index (χ1v) is 10.2. The van der Waals surface area contributed by atoms with E-state index >= 15 is 0 Å². The molecule has 0 saturated carbocycles. The van der Waals surface area contributed by atoms with Crippen LogP contribution in [-0.4, -0.2) is 33.8 Å². The number of halogens is 3. The van der Waals surface area contributed by atoms with Crippen molar-refractivity contribution in [1.82, 2.24) is 20.1 Å². The first-order valence-electron chi connectivity index (χ1n) is 10.2. The summed E-state index contributed by atoms with van der Waals surface area (Å²) in [6.07, 6.45) is -0.986. The number of carbonyl (C=O) groups excluding carboxylic acids is 1. The Morgan fingerprint density at radius 1 is 1.23 bits per heavy atom. The van der Waals surface area contributed by atoms with E-state index in [1.807, 2.05) is 24.7 Å². The molecule has 1 saturated heterocycles. The number of carbonyl (C=O) groups is 1. The number of hydrogen-bond donors (Lipinski definition) is 1. The molecule has 1 amide bonds. The maximum absolute atomic E-state index is 12.8. The number of piperidine rings is 1. The van der Waals surface area contributed by atoms with Crippen molar-refractivity contribution in [3.8, 4) is 0 Å². The third kappa shape index (κ3) is 4.35. The van der Waals surface area contributed by atoms with Crippen LogP contribution in [0.3, 0.4) is 0 Å². The number of nitrogens with one attached hydrogen (secondary N) is 1. The topological polar surface area (TPSA) is 63.1 Å². The van der Waals surface area contributed by atoms with E-state index in [1.165, 1.54) is 12.1 Å². The molecule has 6 nitrogen and oxygen atoms in total. The van der Waals surface area contributed by atoms with E-state index in [9.17, 15) is 18.0 Å². The van der Waals surface area contributed by atoms with Crippen LogP contribution >= 0.6 is 0 Å². The molecule has 0 bridgehead atoms. The highest BCUT2D eigenvalue weighted by Gasteiger charge is 2.30. The average Bonchev–Trinajstić information content (AvgIpc) is 3.05. The van der Waals surface area contributed by atoms with Crippen molar-refractivity contribution >= 4 is 22.6 Å². The predicted molar refractivity (Wildman–Crippen MR) is 111 cm³/mol. The normalized spacial score (nSPS) is 17.2. The fourth-order valence-electron chi connectivity index (χ4n) is 4.14. The highest BCUT2D eigenvalue weighted by atomic mass is 19.4. The van der Waals surface area contributed by atoms with Crippen molar-refractivity contribution in [2.24, 2.45) is 13.0 Å². The van der Waals surface area contributed by atoms with E-state index in [4.69, 9.17) is 0 Å². The number of hydrogen-bond acceptors (Lipinski definition) is 4. The molecule has 3 aromatic rings. The number of alkyl halides is 3. The second-order valence-electron chi connectivity index (χ2n) is 7.94. The lowest BCUT2D eigenvalue weighted by molar-refractivity contribution is -0.137. The lowest BCUT2D eigenvalue weighted by atomic mass is 9.96. The SMILES string of the molecule is Cc1nn(C)c2c(N3CCC[C@H](C(=O)NCc4ccc(C(F)(F)F)cc4)C3)nccc12. The summed E-state index contributed by atoms with van der Waals surface area (Å²) >= 11 is 0. The second kappa shape index (κ2) is 8.20. The van der Waals surface area contributed by atoms with Gasteiger partial charge in [0.15, 0.2) is 5.82 Å². The third-order valence-corrected chi connectivity index (χ3v) is 5.76. The molecular formula is C22H24F3N5O. The van der Waals surface area contributed by atoms with Crippen LogP contribution in [0.5, 0.6) is 0 Å². The summed E-state index contributed by atoms with van der Waals surface area (Å²) in [6.45, 7) is 3.50. The molecule has 1 aliphatic heterocycles. The van der Waals surface area contributed by atoms with Crippen molar-refractivity contribution in [3.05, 3.63) is 53.3 Å². The quantitative estimate of drug-likeness (QED) is 0.682. The molecular weight excluding hydrogens is 407 g/mol. The van der Waals surface area contributed by atoms with Crippen molar-refractivity contribution in [3.63, 3.8) is 0 Å². The summed E-state index contributed by atoms with van der Waals surface area (Å²) in [4.78, 5) is 19.4. The molecule has 1 fully saturated rings. The summed E-state index contributed by atoms with van der Waals surface area (Å²) in [6, 6.07) is 6.80. The fraction of sp³-hybridized carbons (Fsp3) is 0.409. The molecule has 1 atom stereocenters. The molecule has 3 heterocycles. The highest BCUT2D eigenvalue weighted by Crippen LogP contribution is 2.30. The number of aromatic nitrogens is 3. The van der Waals surface area contributed by atoms with Gasteiger partial charge in [-0.2, -0.15) is 18.3 Å². The molecule has 1 N–H and O–H groups in total. The van der Waals surface area contributed by atoms with E-state index < -0.39 is 11.7 Å². The van der Waals surface area contributed by atoms with Crippen molar-refractivity contribution in [1.29, 1.82) is 0 Å². The minimum atomic E-state index is -4.36. The van der Waals surface area contributed by atoms with Crippen LogP contribution in [0.4, 0.5) is 19.0 Å². The number of pyridine rings is 1. The lowest BCUT2D eigenvalue weighted by Crippen LogP contribution is -2.43. The minimum absolute atomic E-state index is 0.0991. The van der Waals surface area contributed by atoms with Gasteiger partial charge in [-0.05, 0) is 43.5 Å². The molecule has 0 spiro atoms. The van der Waals surface area contributed by atoms with Gasteiger partial charge in [-0.25, -0.2) is 4.98 Å². The standard InChI is InChI=1S/C22H24F3N5O/c1-14-18-9-10-26-20(19(18)29(2)28-14)30-11-3-4-16(13-30)21(31)27-12-15-5-7-17(8-6-15)22(23,24)25/h5-10,16H,3-4,11-13H2,1-2H3,(H,27,31)/t16-/m0/s1. The maximum Gasteiger partial charge on any atom is 0.416 e. The summed E-state index contributed by atoms with van der Waals surface area (Å²) in [5, 5.41) is 8.39. The molecule has 2 aromatic heterocycles. The molecule has 1 aliphatic rings. The Morgan fingerprint density at radius 3 is 2.68 bits per heavy atom. The number of benzene rings is 1. The molecule has 164 valence electrons. The molecule has 31 heavy (non-hydrogen) atoms. The van der Waals surface area contributed by atoms with Gasteiger partial charge in [0.05, 0.1) is 17.2 Å². The molecule has 4 rings (SSSR count). The first-order chi connectivity index (χ1) is 14.7. The highest BCUT2D eigenvalue weighted by molar-refractivity contribution is 5.91. The van der Waals surface area contributed by atoms with E-state index in [0.717, 1.165) is 53.9 Å². The first kappa shape index (κ1) is 21.1. The van der Waals surface area contributed by atoms with Crippen LogP contribution in [-0.2, 0) is 24.6 Å². The Hall–Kier alpha value is -3.10. The van der Waals surface area contributed by atoms with Crippen molar-refractivity contribution < 1.29 is 18.0 Å².